The molecule has 2 aromatic rings. The van der Waals surface area contributed by atoms with Crippen molar-refractivity contribution in [3.05, 3.63) is 42.0 Å². The van der Waals surface area contributed by atoms with Gasteiger partial charge in [0.2, 0.25) is 0 Å². The second kappa shape index (κ2) is 8.02. The zero-order chi connectivity index (χ0) is 17.6. The Kier molecular flexibility index (Phi) is 5.55. The second-order valence-corrected chi connectivity index (χ2v) is 6.45. The van der Waals surface area contributed by atoms with Crippen LogP contribution in [-0.2, 0) is 6.54 Å². The van der Waals surface area contributed by atoms with Crippen LogP contribution in [0.3, 0.4) is 0 Å². The fourth-order valence-corrected chi connectivity index (χ4v) is 3.13. The Labute approximate surface area is 147 Å². The lowest BCUT2D eigenvalue weighted by Crippen LogP contribution is -2.34. The molecule has 1 atom stereocenters. The SMILES string of the molecule is COc1cccc(NC(=O)NCC2CCN(Cc3cnc(C)[nH]3)C2)c1. The molecule has 1 aliphatic heterocycles. The standard InChI is InChI=1S/C18H25N5O2/c1-13-19-10-16(21-13)12-23-7-6-14(11-23)9-20-18(24)22-15-4-3-5-17(8-15)25-2/h3-5,8,10,14H,6-7,9,11-12H2,1-2H3,(H,19,21)(H2,20,22,24). The summed E-state index contributed by atoms with van der Waals surface area (Å²) in [5.41, 5.74) is 1.86. The maximum absolute atomic E-state index is 12.1. The fraction of sp³-hybridized carbons (Fsp3) is 0.444. The van der Waals surface area contributed by atoms with Crippen LogP contribution >= 0.6 is 0 Å². The molecule has 0 spiro atoms. The van der Waals surface area contributed by atoms with Crippen molar-refractivity contribution in [1.82, 2.24) is 20.2 Å². The highest BCUT2D eigenvalue weighted by Gasteiger charge is 2.23. The summed E-state index contributed by atoms with van der Waals surface area (Å²) in [5.74, 6) is 2.14. The van der Waals surface area contributed by atoms with Gasteiger partial charge in [-0.1, -0.05) is 6.07 Å². The van der Waals surface area contributed by atoms with Gasteiger partial charge in [0.1, 0.15) is 11.6 Å². The monoisotopic (exact) mass is 343 g/mol. The van der Waals surface area contributed by atoms with Crippen molar-refractivity contribution in [2.75, 3.05) is 32.1 Å². The Hall–Kier alpha value is -2.54. The van der Waals surface area contributed by atoms with Gasteiger partial charge in [0.05, 0.1) is 7.11 Å². The number of carbonyl (C=O) groups is 1. The molecule has 0 radical (unpaired) electrons. The minimum atomic E-state index is -0.184. The molecule has 7 heteroatoms. The highest BCUT2D eigenvalue weighted by Crippen LogP contribution is 2.18. The largest absolute Gasteiger partial charge is 0.497 e. The number of amides is 2. The summed E-state index contributed by atoms with van der Waals surface area (Å²) in [6.07, 6.45) is 2.98. The Morgan fingerprint density at radius 3 is 3.12 bits per heavy atom. The van der Waals surface area contributed by atoms with Gasteiger partial charge in [0.25, 0.3) is 0 Å². The van der Waals surface area contributed by atoms with E-state index >= 15 is 0 Å². The van der Waals surface area contributed by atoms with Gasteiger partial charge in [0.15, 0.2) is 0 Å². The van der Waals surface area contributed by atoms with E-state index in [1.807, 2.05) is 31.3 Å². The molecule has 1 fully saturated rings. The van der Waals surface area contributed by atoms with E-state index in [0.29, 0.717) is 12.5 Å². The molecule has 1 aromatic heterocycles. The van der Waals surface area contributed by atoms with Crippen LogP contribution in [0.1, 0.15) is 17.9 Å². The number of rotatable bonds is 6. The first-order valence-electron chi connectivity index (χ1n) is 8.54. The molecule has 1 unspecified atom stereocenters. The summed E-state index contributed by atoms with van der Waals surface area (Å²) in [6.45, 7) is 5.54. The molecule has 7 nitrogen and oxygen atoms in total. The van der Waals surface area contributed by atoms with Crippen LogP contribution in [0.5, 0.6) is 5.75 Å². The molecular weight excluding hydrogens is 318 g/mol. The second-order valence-electron chi connectivity index (χ2n) is 6.45. The van der Waals surface area contributed by atoms with Crippen LogP contribution in [0.4, 0.5) is 10.5 Å². The van der Waals surface area contributed by atoms with Crippen molar-refractivity contribution < 1.29 is 9.53 Å². The summed E-state index contributed by atoms with van der Waals surface area (Å²) in [5, 5.41) is 5.80. The number of urea groups is 1. The lowest BCUT2D eigenvalue weighted by molar-refractivity contribution is 0.249. The topological polar surface area (TPSA) is 82.3 Å². The third-order valence-electron chi connectivity index (χ3n) is 4.40. The van der Waals surface area contributed by atoms with Crippen LogP contribution in [0.2, 0.25) is 0 Å². The molecule has 134 valence electrons. The van der Waals surface area contributed by atoms with Crippen molar-refractivity contribution in [2.45, 2.75) is 19.9 Å². The molecule has 0 bridgehead atoms. The summed E-state index contributed by atoms with van der Waals surface area (Å²) < 4.78 is 5.16. The molecule has 25 heavy (non-hydrogen) atoms. The molecule has 1 aromatic carbocycles. The number of hydrogen-bond donors (Lipinski definition) is 3. The third kappa shape index (κ3) is 4.96. The number of imidazole rings is 1. The number of nitrogens with zero attached hydrogens (tertiary/aromatic N) is 2. The molecule has 3 rings (SSSR count). The number of aromatic nitrogens is 2. The van der Waals surface area contributed by atoms with Gasteiger partial charge in [-0.3, -0.25) is 4.90 Å². The summed E-state index contributed by atoms with van der Waals surface area (Å²) in [7, 11) is 1.61. The number of ether oxygens (including phenoxy) is 1. The molecule has 2 amide bonds. The lowest BCUT2D eigenvalue weighted by Gasteiger charge is -2.15. The first kappa shape index (κ1) is 17.3. The van der Waals surface area contributed by atoms with Crippen LogP contribution in [-0.4, -0.2) is 47.6 Å². The van der Waals surface area contributed by atoms with Crippen molar-refractivity contribution >= 4 is 11.7 Å². The number of benzene rings is 1. The summed E-state index contributed by atoms with van der Waals surface area (Å²) >= 11 is 0. The number of nitrogens with one attached hydrogen (secondary N) is 3. The molecule has 0 saturated carbocycles. The fourth-order valence-electron chi connectivity index (χ4n) is 3.13. The van der Waals surface area contributed by atoms with E-state index in [0.717, 1.165) is 49.0 Å². The maximum atomic E-state index is 12.1. The number of aryl methyl sites for hydroxylation is 1. The number of carbonyl (C=O) groups excluding carboxylic acids is 1. The Morgan fingerprint density at radius 2 is 2.36 bits per heavy atom. The van der Waals surface area contributed by atoms with E-state index in [2.05, 4.69) is 25.5 Å². The van der Waals surface area contributed by atoms with E-state index in [-0.39, 0.29) is 6.03 Å². The molecule has 0 aliphatic carbocycles. The zero-order valence-electron chi connectivity index (χ0n) is 14.7. The van der Waals surface area contributed by atoms with E-state index < -0.39 is 0 Å². The quantitative estimate of drug-likeness (QED) is 0.752. The van der Waals surface area contributed by atoms with E-state index in [1.54, 1.807) is 13.2 Å². The predicted molar refractivity (Wildman–Crippen MR) is 96.7 cm³/mol. The number of hydrogen-bond acceptors (Lipinski definition) is 4. The average molecular weight is 343 g/mol. The molecular formula is C18H25N5O2. The highest BCUT2D eigenvalue weighted by atomic mass is 16.5. The van der Waals surface area contributed by atoms with Crippen molar-refractivity contribution in [3.63, 3.8) is 0 Å². The van der Waals surface area contributed by atoms with Gasteiger partial charge < -0.3 is 20.4 Å². The minimum absolute atomic E-state index is 0.184. The van der Waals surface area contributed by atoms with Gasteiger partial charge >= 0.3 is 6.03 Å². The first-order valence-corrected chi connectivity index (χ1v) is 8.54. The molecule has 2 heterocycles. The summed E-state index contributed by atoms with van der Waals surface area (Å²) in [6, 6.07) is 7.14. The van der Waals surface area contributed by atoms with Crippen LogP contribution in [0.15, 0.2) is 30.5 Å². The van der Waals surface area contributed by atoms with E-state index in [4.69, 9.17) is 4.74 Å². The minimum Gasteiger partial charge on any atom is -0.497 e. The smallest absolute Gasteiger partial charge is 0.319 e. The zero-order valence-corrected chi connectivity index (χ0v) is 14.7. The third-order valence-corrected chi connectivity index (χ3v) is 4.40. The Morgan fingerprint density at radius 1 is 1.48 bits per heavy atom. The van der Waals surface area contributed by atoms with Gasteiger partial charge in [-0.15, -0.1) is 0 Å². The lowest BCUT2D eigenvalue weighted by atomic mass is 10.1. The summed E-state index contributed by atoms with van der Waals surface area (Å²) in [4.78, 5) is 21.9. The normalized spacial score (nSPS) is 17.4. The van der Waals surface area contributed by atoms with Gasteiger partial charge in [0, 0.05) is 43.3 Å². The van der Waals surface area contributed by atoms with Crippen molar-refractivity contribution in [1.29, 1.82) is 0 Å². The molecule has 3 N–H and O–H groups in total. The van der Waals surface area contributed by atoms with Crippen LogP contribution < -0.4 is 15.4 Å². The Balaban J connectivity index is 1.40. The highest BCUT2D eigenvalue weighted by molar-refractivity contribution is 5.89. The molecule has 1 saturated heterocycles. The number of likely N-dealkylation sites (tertiary alicyclic amines) is 1. The number of methoxy groups -OCH3 is 1. The maximum Gasteiger partial charge on any atom is 0.319 e. The van der Waals surface area contributed by atoms with E-state index in [1.165, 1.54) is 0 Å². The van der Waals surface area contributed by atoms with Crippen molar-refractivity contribution in [2.24, 2.45) is 5.92 Å². The van der Waals surface area contributed by atoms with Gasteiger partial charge in [-0.05, 0) is 37.9 Å². The number of anilines is 1. The number of aromatic amines is 1. The predicted octanol–water partition coefficient (Wildman–Crippen LogP) is 2.37. The van der Waals surface area contributed by atoms with Crippen LogP contribution in [0.25, 0.3) is 0 Å². The van der Waals surface area contributed by atoms with Crippen molar-refractivity contribution in [3.8, 4) is 5.75 Å². The van der Waals surface area contributed by atoms with E-state index in [9.17, 15) is 4.79 Å². The Bertz CT molecular complexity index is 715. The average Bonchev–Trinajstić information content (AvgIpc) is 3.22. The van der Waals surface area contributed by atoms with Gasteiger partial charge in [-0.25, -0.2) is 9.78 Å². The number of H-pyrrole nitrogens is 1. The van der Waals surface area contributed by atoms with Gasteiger partial charge in [-0.2, -0.15) is 0 Å². The van der Waals surface area contributed by atoms with Crippen LogP contribution in [0, 0.1) is 12.8 Å². The first-order chi connectivity index (χ1) is 12.1. The molecule has 1 aliphatic rings.